The third-order valence-electron chi connectivity index (χ3n) is 2.46. The lowest BCUT2D eigenvalue weighted by Crippen LogP contribution is -2.31. The van der Waals surface area contributed by atoms with E-state index in [0.29, 0.717) is 11.3 Å². The number of anilines is 1. The van der Waals surface area contributed by atoms with Crippen LogP contribution in [0.5, 0.6) is 0 Å². The fraction of sp³-hybridized carbons (Fsp3) is 0.267. The molecule has 2 N–H and O–H groups in total. The molecule has 0 aromatic heterocycles. The van der Waals surface area contributed by atoms with E-state index >= 15 is 0 Å². The summed E-state index contributed by atoms with van der Waals surface area (Å²) in [6.45, 7) is 5.13. The van der Waals surface area contributed by atoms with Crippen molar-refractivity contribution in [2.75, 3.05) is 5.32 Å². The number of rotatable bonds is 5. The Balaban J connectivity index is 2.76. The van der Waals surface area contributed by atoms with Gasteiger partial charge in [-0.25, -0.2) is 0 Å². The minimum atomic E-state index is -0.421. The van der Waals surface area contributed by atoms with Gasteiger partial charge < -0.3 is 10.6 Å². The minimum absolute atomic E-state index is 0.00524. The van der Waals surface area contributed by atoms with Gasteiger partial charge in [0, 0.05) is 23.5 Å². The van der Waals surface area contributed by atoms with E-state index in [2.05, 4.69) is 10.6 Å². The molecule has 0 aliphatic rings. The van der Waals surface area contributed by atoms with Gasteiger partial charge in [-0.05, 0) is 45.0 Å². The van der Waals surface area contributed by atoms with E-state index in [1.54, 1.807) is 24.3 Å². The second kappa shape index (κ2) is 7.10. The molecule has 0 heterocycles. The molecule has 0 saturated heterocycles. The predicted octanol–water partition coefficient (Wildman–Crippen LogP) is 2.23. The van der Waals surface area contributed by atoms with Crippen LogP contribution >= 0.6 is 0 Å². The molecule has 0 spiro atoms. The van der Waals surface area contributed by atoms with E-state index in [-0.39, 0.29) is 17.4 Å². The summed E-state index contributed by atoms with van der Waals surface area (Å²) in [5, 5.41) is 14.4. The molecule has 1 aromatic carbocycles. The Morgan fingerprint density at radius 3 is 2.30 bits per heavy atom. The highest BCUT2D eigenvalue weighted by Crippen LogP contribution is 2.10. The van der Waals surface area contributed by atoms with Gasteiger partial charge in [0.1, 0.15) is 11.6 Å². The van der Waals surface area contributed by atoms with Gasteiger partial charge in [0.05, 0.1) is 0 Å². The van der Waals surface area contributed by atoms with E-state index in [1.165, 1.54) is 13.1 Å². The summed E-state index contributed by atoms with van der Waals surface area (Å²) in [6, 6.07) is 8.59. The number of carbonyl (C=O) groups is 2. The third-order valence-corrected chi connectivity index (χ3v) is 2.46. The molecular weight excluding hydrogens is 254 g/mol. The van der Waals surface area contributed by atoms with Crippen LogP contribution in [-0.2, 0) is 4.79 Å². The highest BCUT2D eigenvalue weighted by Gasteiger charge is 2.09. The summed E-state index contributed by atoms with van der Waals surface area (Å²) in [4.78, 5) is 22.8. The lowest BCUT2D eigenvalue weighted by molar-refractivity contribution is -0.117. The summed E-state index contributed by atoms with van der Waals surface area (Å²) in [5.41, 5.74) is 1.30. The fourth-order valence-corrected chi connectivity index (χ4v) is 1.45. The van der Waals surface area contributed by atoms with Crippen molar-refractivity contribution in [1.82, 2.24) is 5.32 Å². The Bertz CT molecular complexity index is 566. The van der Waals surface area contributed by atoms with Gasteiger partial charge in [0.2, 0.25) is 0 Å². The van der Waals surface area contributed by atoms with E-state index in [1.807, 2.05) is 19.9 Å². The van der Waals surface area contributed by atoms with Gasteiger partial charge in [0.15, 0.2) is 5.78 Å². The molecule has 0 atom stereocenters. The zero-order chi connectivity index (χ0) is 15.1. The second-order valence-electron chi connectivity index (χ2n) is 4.58. The quantitative estimate of drug-likeness (QED) is 0.489. The summed E-state index contributed by atoms with van der Waals surface area (Å²) in [7, 11) is 0. The number of carbonyl (C=O) groups excluding carboxylic acids is 2. The smallest absolute Gasteiger partial charge is 0.263 e. The molecule has 0 aliphatic carbocycles. The molecule has 1 rings (SSSR count). The van der Waals surface area contributed by atoms with E-state index in [0.717, 1.165) is 0 Å². The third kappa shape index (κ3) is 4.58. The van der Waals surface area contributed by atoms with Gasteiger partial charge in [-0.3, -0.25) is 9.59 Å². The number of hydrogen-bond acceptors (Lipinski definition) is 4. The van der Waals surface area contributed by atoms with Crippen LogP contribution in [0.4, 0.5) is 5.69 Å². The average Bonchev–Trinajstić information content (AvgIpc) is 2.39. The first-order valence-electron chi connectivity index (χ1n) is 6.22. The molecule has 0 fully saturated rings. The monoisotopic (exact) mass is 271 g/mol. The number of Topliss-reactive ketones (excluding diaryl/α,β-unsaturated/α-hetero) is 1. The maximum Gasteiger partial charge on any atom is 0.263 e. The van der Waals surface area contributed by atoms with Crippen molar-refractivity contribution >= 4 is 17.4 Å². The standard InChI is InChI=1S/C15H17N3O2/c1-10(2)18-15(20)13(8-16)9-17-14-6-4-12(5-7-14)11(3)19/h4-7,9-10,17H,1-3H3,(H,18,20)/b13-9-. The van der Waals surface area contributed by atoms with Crippen LogP contribution in [0.3, 0.4) is 0 Å². The first kappa shape index (κ1) is 15.4. The SMILES string of the molecule is CC(=O)c1ccc(N/C=C(/C#N)C(=O)NC(C)C)cc1. The number of nitriles is 1. The highest BCUT2D eigenvalue weighted by molar-refractivity contribution is 5.97. The molecule has 0 bridgehead atoms. The molecule has 5 nitrogen and oxygen atoms in total. The lowest BCUT2D eigenvalue weighted by Gasteiger charge is -2.07. The number of hydrogen-bond donors (Lipinski definition) is 2. The topological polar surface area (TPSA) is 82.0 Å². The van der Waals surface area contributed by atoms with Crippen molar-refractivity contribution < 1.29 is 9.59 Å². The number of ketones is 1. The van der Waals surface area contributed by atoms with Gasteiger partial charge in [-0.2, -0.15) is 5.26 Å². The van der Waals surface area contributed by atoms with Gasteiger partial charge in [0.25, 0.3) is 5.91 Å². The number of nitrogens with one attached hydrogen (secondary N) is 2. The van der Waals surface area contributed by atoms with Crippen LogP contribution < -0.4 is 10.6 Å². The van der Waals surface area contributed by atoms with Crippen molar-refractivity contribution in [3.8, 4) is 6.07 Å². The van der Waals surface area contributed by atoms with Crippen molar-refractivity contribution in [2.24, 2.45) is 0 Å². The summed E-state index contributed by atoms with van der Waals surface area (Å²) < 4.78 is 0. The maximum absolute atomic E-state index is 11.7. The zero-order valence-electron chi connectivity index (χ0n) is 11.7. The number of benzene rings is 1. The number of amides is 1. The Labute approximate surface area is 118 Å². The summed E-state index contributed by atoms with van der Waals surface area (Å²) >= 11 is 0. The first-order chi connectivity index (χ1) is 9.43. The summed E-state index contributed by atoms with van der Waals surface area (Å²) in [5.74, 6) is -0.434. The van der Waals surface area contributed by atoms with Gasteiger partial charge in [-0.15, -0.1) is 0 Å². The van der Waals surface area contributed by atoms with Crippen molar-refractivity contribution in [1.29, 1.82) is 5.26 Å². The zero-order valence-corrected chi connectivity index (χ0v) is 11.7. The molecular formula is C15H17N3O2. The van der Waals surface area contributed by atoms with Crippen LogP contribution in [0, 0.1) is 11.3 Å². The van der Waals surface area contributed by atoms with E-state index in [9.17, 15) is 9.59 Å². The van der Waals surface area contributed by atoms with Crippen molar-refractivity contribution in [3.05, 3.63) is 41.6 Å². The molecule has 1 amide bonds. The molecule has 1 aromatic rings. The van der Waals surface area contributed by atoms with E-state index in [4.69, 9.17) is 5.26 Å². The molecule has 0 unspecified atom stereocenters. The van der Waals surface area contributed by atoms with Crippen LogP contribution in [0.1, 0.15) is 31.1 Å². The van der Waals surface area contributed by atoms with Crippen molar-refractivity contribution in [3.63, 3.8) is 0 Å². The van der Waals surface area contributed by atoms with E-state index < -0.39 is 5.91 Å². The second-order valence-corrected chi connectivity index (χ2v) is 4.58. The molecule has 0 aliphatic heterocycles. The molecule has 5 heteroatoms. The normalized spacial score (nSPS) is 10.8. The van der Waals surface area contributed by atoms with Gasteiger partial charge in [-0.1, -0.05) is 0 Å². The van der Waals surface area contributed by atoms with Crippen LogP contribution in [0.15, 0.2) is 36.0 Å². The highest BCUT2D eigenvalue weighted by atomic mass is 16.1. The molecule has 104 valence electrons. The Hall–Kier alpha value is -2.61. The van der Waals surface area contributed by atoms with Crippen LogP contribution in [0.25, 0.3) is 0 Å². The molecule has 0 saturated carbocycles. The Morgan fingerprint density at radius 2 is 1.85 bits per heavy atom. The fourth-order valence-electron chi connectivity index (χ4n) is 1.45. The largest absolute Gasteiger partial charge is 0.360 e. The minimum Gasteiger partial charge on any atom is -0.360 e. The maximum atomic E-state index is 11.7. The lowest BCUT2D eigenvalue weighted by atomic mass is 10.1. The predicted molar refractivity (Wildman–Crippen MR) is 77.0 cm³/mol. The first-order valence-corrected chi connectivity index (χ1v) is 6.22. The van der Waals surface area contributed by atoms with Crippen LogP contribution in [-0.4, -0.2) is 17.7 Å². The van der Waals surface area contributed by atoms with Crippen LogP contribution in [0.2, 0.25) is 0 Å². The Kier molecular flexibility index (Phi) is 5.48. The molecule has 0 radical (unpaired) electrons. The number of nitrogens with zero attached hydrogens (tertiary/aromatic N) is 1. The average molecular weight is 271 g/mol. The molecule has 20 heavy (non-hydrogen) atoms. The van der Waals surface area contributed by atoms with Crippen molar-refractivity contribution in [2.45, 2.75) is 26.8 Å². The van der Waals surface area contributed by atoms with Gasteiger partial charge >= 0.3 is 0 Å². The summed E-state index contributed by atoms with van der Waals surface area (Å²) in [6.07, 6.45) is 1.35. The Morgan fingerprint density at radius 1 is 1.25 bits per heavy atom.